The minimum Gasteiger partial charge on any atom is -0.330 e. The molecular formula is C19H39N3. The fraction of sp³-hybridized carbons (Fsp3) is 0.842. The molecule has 3 heteroatoms. The third-order valence-electron chi connectivity index (χ3n) is 4.36. The Morgan fingerprint density at radius 2 is 1.64 bits per heavy atom. The van der Waals surface area contributed by atoms with E-state index in [0.717, 1.165) is 32.2 Å². The van der Waals surface area contributed by atoms with Crippen LogP contribution < -0.4 is 11.5 Å². The van der Waals surface area contributed by atoms with Crippen LogP contribution in [0.5, 0.6) is 0 Å². The average molecular weight is 310 g/mol. The van der Waals surface area contributed by atoms with Gasteiger partial charge in [0.25, 0.3) is 0 Å². The van der Waals surface area contributed by atoms with E-state index in [-0.39, 0.29) is 16.9 Å². The van der Waals surface area contributed by atoms with Gasteiger partial charge in [-0.2, -0.15) is 0 Å². The molecule has 0 aromatic rings. The quantitative estimate of drug-likeness (QED) is 0.392. The van der Waals surface area contributed by atoms with Crippen molar-refractivity contribution in [3.63, 3.8) is 0 Å². The molecule has 0 heterocycles. The van der Waals surface area contributed by atoms with E-state index in [1.54, 1.807) is 6.21 Å². The van der Waals surface area contributed by atoms with Gasteiger partial charge in [-0.05, 0) is 75.5 Å². The molecule has 22 heavy (non-hydrogen) atoms. The van der Waals surface area contributed by atoms with Crippen LogP contribution in [0.25, 0.3) is 0 Å². The van der Waals surface area contributed by atoms with Crippen LogP contribution in [0.2, 0.25) is 0 Å². The summed E-state index contributed by atoms with van der Waals surface area (Å²) in [6.45, 7) is 13.9. The summed E-state index contributed by atoms with van der Waals surface area (Å²) in [5.41, 5.74) is 11.8. The van der Waals surface area contributed by atoms with E-state index in [2.05, 4.69) is 39.8 Å². The molecular weight excluding hydrogens is 270 g/mol. The van der Waals surface area contributed by atoms with E-state index in [4.69, 9.17) is 16.9 Å². The first-order valence-electron chi connectivity index (χ1n) is 8.65. The van der Waals surface area contributed by atoms with E-state index in [9.17, 15) is 0 Å². The molecule has 3 unspecified atom stereocenters. The molecule has 0 radical (unpaired) electrons. The van der Waals surface area contributed by atoms with Gasteiger partial charge >= 0.3 is 0 Å². The summed E-state index contributed by atoms with van der Waals surface area (Å²) in [6.07, 6.45) is 10.3. The molecule has 3 atom stereocenters. The van der Waals surface area contributed by atoms with Crippen molar-refractivity contribution in [2.45, 2.75) is 72.8 Å². The lowest BCUT2D eigenvalue weighted by molar-refractivity contribution is 0.232. The Hall–Kier alpha value is -0.670. The van der Waals surface area contributed by atoms with Crippen LogP contribution in [0.1, 0.15) is 67.2 Å². The van der Waals surface area contributed by atoms with Gasteiger partial charge in [0.05, 0.1) is 0 Å². The zero-order valence-electron chi connectivity index (χ0n) is 15.7. The lowest BCUT2D eigenvalue weighted by Crippen LogP contribution is -2.37. The molecule has 0 saturated heterocycles. The van der Waals surface area contributed by atoms with Crippen molar-refractivity contribution < 1.29 is 0 Å². The largest absolute Gasteiger partial charge is 0.330 e. The zero-order valence-corrected chi connectivity index (χ0v) is 15.7. The van der Waals surface area contributed by atoms with Crippen LogP contribution >= 0.6 is 0 Å². The van der Waals surface area contributed by atoms with Gasteiger partial charge in [-0.15, -0.1) is 0 Å². The predicted molar refractivity (Wildman–Crippen MR) is 99.3 cm³/mol. The highest BCUT2D eigenvalue weighted by molar-refractivity contribution is 5.57. The van der Waals surface area contributed by atoms with Gasteiger partial charge < -0.3 is 16.9 Å². The summed E-state index contributed by atoms with van der Waals surface area (Å²) < 4.78 is 0. The van der Waals surface area contributed by atoms with Gasteiger partial charge in [0.1, 0.15) is 0 Å². The molecule has 0 aliphatic heterocycles. The molecule has 5 N–H and O–H groups in total. The lowest BCUT2D eigenvalue weighted by atomic mass is 9.74. The molecule has 130 valence electrons. The number of nitrogens with two attached hydrogens (primary N) is 2. The Kier molecular flexibility index (Phi) is 9.18. The number of allylic oxidation sites excluding steroid dienone is 2. The van der Waals surface area contributed by atoms with E-state index in [0.29, 0.717) is 11.8 Å². The van der Waals surface area contributed by atoms with Crippen molar-refractivity contribution in [2.24, 2.45) is 34.6 Å². The number of nitrogens with one attached hydrogen (secondary N) is 1. The highest BCUT2D eigenvalue weighted by Gasteiger charge is 2.27. The van der Waals surface area contributed by atoms with Gasteiger partial charge in [0.2, 0.25) is 0 Å². The number of hydrogen-bond donors (Lipinski definition) is 3. The van der Waals surface area contributed by atoms with Gasteiger partial charge in [-0.25, -0.2) is 0 Å². The van der Waals surface area contributed by atoms with Crippen LogP contribution in [0.3, 0.4) is 0 Å². The molecule has 0 aliphatic carbocycles. The monoisotopic (exact) mass is 309 g/mol. The zero-order chi connectivity index (χ0) is 17.4. The van der Waals surface area contributed by atoms with Crippen molar-refractivity contribution in [3.05, 3.63) is 12.2 Å². The van der Waals surface area contributed by atoms with Crippen LogP contribution in [0.15, 0.2) is 12.2 Å². The fourth-order valence-electron chi connectivity index (χ4n) is 2.97. The third kappa shape index (κ3) is 10.1. The molecule has 0 bridgehead atoms. The Bertz CT molecular complexity index is 339. The summed E-state index contributed by atoms with van der Waals surface area (Å²) >= 11 is 0. The molecule has 0 aliphatic rings. The normalized spacial score (nSPS) is 17.5. The highest BCUT2D eigenvalue weighted by atomic mass is 14.7. The molecule has 0 fully saturated rings. The van der Waals surface area contributed by atoms with Crippen molar-refractivity contribution in [1.82, 2.24) is 0 Å². The average Bonchev–Trinajstić information content (AvgIpc) is 2.38. The third-order valence-corrected chi connectivity index (χ3v) is 4.36. The van der Waals surface area contributed by atoms with E-state index in [1.165, 1.54) is 0 Å². The Morgan fingerprint density at radius 1 is 1.05 bits per heavy atom. The standard InChI is InChI=1S/C19H39N3/c1-15(13-20)9-7-8-10-18(3,4)11-16(2)17(14-21)12-19(5,6)22/h7-8,14-17,21H,9-13,20,22H2,1-6H3/b8-7+,21-14?. The van der Waals surface area contributed by atoms with Gasteiger partial charge in [-0.1, -0.05) is 39.8 Å². The Morgan fingerprint density at radius 3 is 2.09 bits per heavy atom. The number of hydrogen-bond acceptors (Lipinski definition) is 3. The molecule has 0 aromatic carbocycles. The second kappa shape index (κ2) is 9.46. The predicted octanol–water partition coefficient (Wildman–Crippen LogP) is 4.36. The Labute approximate surface area is 138 Å². The van der Waals surface area contributed by atoms with E-state index in [1.807, 2.05) is 13.8 Å². The van der Waals surface area contributed by atoms with Crippen LogP contribution in [0, 0.1) is 28.6 Å². The summed E-state index contributed by atoms with van der Waals surface area (Å²) in [6, 6.07) is 0. The number of rotatable bonds is 11. The fourth-order valence-corrected chi connectivity index (χ4v) is 2.97. The van der Waals surface area contributed by atoms with E-state index >= 15 is 0 Å². The molecule has 0 saturated carbocycles. The summed E-state index contributed by atoms with van der Waals surface area (Å²) in [5, 5.41) is 7.71. The first-order chi connectivity index (χ1) is 10.0. The van der Waals surface area contributed by atoms with E-state index < -0.39 is 0 Å². The minimum absolute atomic E-state index is 0.209. The molecule has 0 amide bonds. The van der Waals surface area contributed by atoms with Gasteiger partial charge in [0, 0.05) is 5.54 Å². The van der Waals surface area contributed by atoms with Gasteiger partial charge in [0.15, 0.2) is 0 Å². The maximum atomic E-state index is 7.71. The summed E-state index contributed by atoms with van der Waals surface area (Å²) in [5.74, 6) is 1.31. The maximum absolute atomic E-state index is 7.71. The first kappa shape index (κ1) is 21.3. The first-order valence-corrected chi connectivity index (χ1v) is 8.65. The van der Waals surface area contributed by atoms with Crippen LogP contribution in [0.4, 0.5) is 0 Å². The summed E-state index contributed by atoms with van der Waals surface area (Å²) in [7, 11) is 0. The minimum atomic E-state index is -0.209. The lowest BCUT2D eigenvalue weighted by Gasteiger charge is -2.33. The summed E-state index contributed by atoms with van der Waals surface area (Å²) in [4.78, 5) is 0. The van der Waals surface area contributed by atoms with Crippen molar-refractivity contribution in [2.75, 3.05) is 6.54 Å². The Balaban J connectivity index is 4.45. The molecule has 3 nitrogen and oxygen atoms in total. The second-order valence-electron chi connectivity index (χ2n) is 8.62. The van der Waals surface area contributed by atoms with Crippen molar-refractivity contribution in [1.29, 1.82) is 5.41 Å². The maximum Gasteiger partial charge on any atom is 0.0103 e. The topological polar surface area (TPSA) is 75.9 Å². The smallest absolute Gasteiger partial charge is 0.0103 e. The highest BCUT2D eigenvalue weighted by Crippen LogP contribution is 2.34. The SMILES string of the molecule is CC(CN)C/C=C/CC(C)(C)CC(C)C(C=N)CC(C)(C)N. The van der Waals surface area contributed by atoms with Gasteiger partial charge in [-0.3, -0.25) is 0 Å². The van der Waals surface area contributed by atoms with Crippen LogP contribution in [-0.2, 0) is 0 Å². The molecule has 0 spiro atoms. The second-order valence-corrected chi connectivity index (χ2v) is 8.62. The van der Waals surface area contributed by atoms with Crippen LogP contribution in [-0.4, -0.2) is 18.3 Å². The van der Waals surface area contributed by atoms with Crippen molar-refractivity contribution >= 4 is 6.21 Å². The molecule has 0 rings (SSSR count). The van der Waals surface area contributed by atoms with Crippen molar-refractivity contribution in [3.8, 4) is 0 Å². The molecule has 0 aromatic heterocycles.